The number of rotatable bonds is 6. The number of benzene rings is 1. The summed E-state index contributed by atoms with van der Waals surface area (Å²) in [5.74, 6) is -1.58. The minimum Gasteiger partial charge on any atom is -0.405 e. The molecule has 1 saturated heterocycles. The van der Waals surface area contributed by atoms with Gasteiger partial charge in [-0.05, 0) is 31.4 Å². The lowest BCUT2D eigenvalue weighted by molar-refractivity contribution is -0.274. The van der Waals surface area contributed by atoms with Crippen LogP contribution in [-0.2, 0) is 16.1 Å². The summed E-state index contributed by atoms with van der Waals surface area (Å²) in [5.41, 5.74) is 5.87. The summed E-state index contributed by atoms with van der Waals surface area (Å²) in [5, 5.41) is 11.5. The highest BCUT2D eigenvalue weighted by atomic mass is 19.4. The molecule has 1 heterocycles. The summed E-state index contributed by atoms with van der Waals surface area (Å²) in [6.07, 6.45) is -3.22. The van der Waals surface area contributed by atoms with Gasteiger partial charge in [0.05, 0.1) is 23.6 Å². The van der Waals surface area contributed by atoms with E-state index in [0.29, 0.717) is 25.8 Å². The summed E-state index contributed by atoms with van der Waals surface area (Å²) in [7, 11) is 0. The number of nitrogens with two attached hydrogens (primary N) is 1. The Bertz CT molecular complexity index is 792. The number of nitrogens with zero attached hydrogens (tertiary/aromatic N) is 2. The van der Waals surface area contributed by atoms with Gasteiger partial charge in [-0.3, -0.25) is 9.59 Å². The van der Waals surface area contributed by atoms with E-state index in [1.165, 1.54) is 12.1 Å². The number of amides is 2. The van der Waals surface area contributed by atoms with E-state index in [1.807, 2.05) is 0 Å². The molecule has 10 heteroatoms. The first kappa shape index (κ1) is 22.5. The number of halogens is 3. The smallest absolute Gasteiger partial charge is 0.405 e. The molecule has 3 N–H and O–H groups in total. The summed E-state index contributed by atoms with van der Waals surface area (Å²) >= 11 is 0. The van der Waals surface area contributed by atoms with Crippen LogP contribution in [-0.4, -0.2) is 42.2 Å². The van der Waals surface area contributed by atoms with Crippen molar-refractivity contribution in [1.29, 1.82) is 5.26 Å². The van der Waals surface area contributed by atoms with Gasteiger partial charge in [0.25, 0.3) is 0 Å². The molecule has 1 aliphatic rings. The lowest BCUT2D eigenvalue weighted by Crippen LogP contribution is -2.50. The van der Waals surface area contributed by atoms with Crippen molar-refractivity contribution in [3.8, 4) is 11.8 Å². The molecule has 0 radical (unpaired) electrons. The van der Waals surface area contributed by atoms with Gasteiger partial charge in [0.1, 0.15) is 5.75 Å². The molecule has 1 fully saturated rings. The summed E-state index contributed by atoms with van der Waals surface area (Å²) in [6.45, 7) is 2.34. The van der Waals surface area contributed by atoms with Gasteiger partial charge in [-0.2, -0.15) is 5.26 Å². The normalized spacial score (nSPS) is 17.9. The number of nitriles is 1. The zero-order valence-corrected chi connectivity index (χ0v) is 16.0. The molecule has 2 atom stereocenters. The first-order valence-electron chi connectivity index (χ1n) is 9.25. The predicted octanol–water partition coefficient (Wildman–Crippen LogP) is 2.05. The zero-order chi connectivity index (χ0) is 21.6. The summed E-state index contributed by atoms with van der Waals surface area (Å²) in [6, 6.07) is 4.75. The van der Waals surface area contributed by atoms with Crippen LogP contribution in [0.4, 0.5) is 13.2 Å². The Morgan fingerprint density at radius 1 is 1.45 bits per heavy atom. The molecular weight excluding hydrogens is 389 g/mol. The Balaban J connectivity index is 2.03. The van der Waals surface area contributed by atoms with Crippen LogP contribution in [0.25, 0.3) is 0 Å². The van der Waals surface area contributed by atoms with Crippen LogP contribution in [0.5, 0.6) is 5.75 Å². The van der Waals surface area contributed by atoms with Gasteiger partial charge in [-0.1, -0.05) is 13.0 Å². The fourth-order valence-corrected chi connectivity index (χ4v) is 3.12. The first-order chi connectivity index (χ1) is 13.6. The highest BCUT2D eigenvalue weighted by Crippen LogP contribution is 2.28. The molecule has 0 saturated carbocycles. The number of carbonyl (C=O) groups excluding carboxylic acids is 2. The largest absolute Gasteiger partial charge is 0.573 e. The van der Waals surface area contributed by atoms with Gasteiger partial charge in [0.2, 0.25) is 11.8 Å². The second kappa shape index (κ2) is 9.60. The van der Waals surface area contributed by atoms with Gasteiger partial charge in [-0.25, -0.2) is 0 Å². The van der Waals surface area contributed by atoms with E-state index in [-0.39, 0.29) is 36.0 Å². The van der Waals surface area contributed by atoms with Crippen LogP contribution in [0.2, 0.25) is 0 Å². The van der Waals surface area contributed by atoms with E-state index in [2.05, 4.69) is 10.1 Å². The van der Waals surface area contributed by atoms with E-state index < -0.39 is 24.1 Å². The number of likely N-dealkylation sites (tertiary alicyclic amines) is 1. The van der Waals surface area contributed by atoms with Crippen LogP contribution in [0.15, 0.2) is 18.2 Å². The van der Waals surface area contributed by atoms with Crippen molar-refractivity contribution in [2.45, 2.75) is 45.1 Å². The zero-order valence-electron chi connectivity index (χ0n) is 16.0. The standard InChI is InChI=1S/C19H23F3N4O3/c1-2-15(24)18(28)26-7-3-4-14(11-26)17(27)25-10-13-6-5-12(9-23)8-16(13)29-19(20,21)22/h5-6,8,14-15H,2-4,7,10-11,24H2,1H3,(H,25,27). The Morgan fingerprint density at radius 2 is 2.17 bits per heavy atom. The lowest BCUT2D eigenvalue weighted by Gasteiger charge is -2.33. The topological polar surface area (TPSA) is 108 Å². The van der Waals surface area contributed by atoms with Gasteiger partial charge in [-0.15, -0.1) is 13.2 Å². The highest BCUT2D eigenvalue weighted by molar-refractivity contribution is 5.84. The fraction of sp³-hybridized carbons (Fsp3) is 0.526. The van der Waals surface area contributed by atoms with Crippen molar-refractivity contribution in [3.63, 3.8) is 0 Å². The van der Waals surface area contributed by atoms with E-state index in [4.69, 9.17) is 11.0 Å². The van der Waals surface area contributed by atoms with E-state index in [9.17, 15) is 22.8 Å². The molecule has 0 aliphatic carbocycles. The minimum absolute atomic E-state index is 0.00743. The van der Waals surface area contributed by atoms with Crippen LogP contribution >= 0.6 is 0 Å². The van der Waals surface area contributed by atoms with Crippen molar-refractivity contribution < 1.29 is 27.5 Å². The minimum atomic E-state index is -4.92. The molecule has 2 unspecified atom stereocenters. The Morgan fingerprint density at radius 3 is 2.79 bits per heavy atom. The maximum atomic E-state index is 12.6. The molecule has 7 nitrogen and oxygen atoms in total. The van der Waals surface area contributed by atoms with Crippen molar-refractivity contribution in [2.24, 2.45) is 11.7 Å². The molecule has 0 spiro atoms. The molecule has 2 amide bonds. The molecule has 1 aliphatic heterocycles. The number of piperidine rings is 1. The van der Waals surface area contributed by atoms with E-state index in [0.717, 1.165) is 6.07 Å². The first-order valence-corrected chi connectivity index (χ1v) is 9.25. The molecule has 2 rings (SSSR count). The molecular formula is C19H23F3N4O3. The molecule has 158 valence electrons. The third kappa shape index (κ3) is 6.35. The fourth-order valence-electron chi connectivity index (χ4n) is 3.12. The van der Waals surface area contributed by atoms with Crippen molar-refractivity contribution in [3.05, 3.63) is 29.3 Å². The average Bonchev–Trinajstić information content (AvgIpc) is 2.70. The predicted molar refractivity (Wildman–Crippen MR) is 97.3 cm³/mol. The second-order valence-corrected chi connectivity index (χ2v) is 6.84. The van der Waals surface area contributed by atoms with Crippen LogP contribution < -0.4 is 15.8 Å². The molecule has 1 aromatic carbocycles. The highest BCUT2D eigenvalue weighted by Gasteiger charge is 2.33. The molecule has 29 heavy (non-hydrogen) atoms. The number of alkyl halides is 3. The number of hydrogen-bond donors (Lipinski definition) is 2. The maximum absolute atomic E-state index is 12.6. The van der Waals surface area contributed by atoms with Crippen LogP contribution in [0, 0.1) is 17.2 Å². The molecule has 0 bridgehead atoms. The monoisotopic (exact) mass is 412 g/mol. The van der Waals surface area contributed by atoms with Crippen molar-refractivity contribution in [1.82, 2.24) is 10.2 Å². The average molecular weight is 412 g/mol. The van der Waals surface area contributed by atoms with E-state index in [1.54, 1.807) is 17.9 Å². The Hall–Kier alpha value is -2.80. The Kier molecular flexibility index (Phi) is 7.45. The second-order valence-electron chi connectivity index (χ2n) is 6.84. The van der Waals surface area contributed by atoms with Crippen LogP contribution in [0.1, 0.15) is 37.3 Å². The van der Waals surface area contributed by atoms with Gasteiger partial charge < -0.3 is 20.7 Å². The van der Waals surface area contributed by atoms with Crippen molar-refractivity contribution >= 4 is 11.8 Å². The molecule has 1 aromatic rings. The number of nitrogens with one attached hydrogen (secondary N) is 1. The maximum Gasteiger partial charge on any atom is 0.573 e. The summed E-state index contributed by atoms with van der Waals surface area (Å²) < 4.78 is 41.8. The summed E-state index contributed by atoms with van der Waals surface area (Å²) in [4.78, 5) is 26.3. The third-order valence-electron chi connectivity index (χ3n) is 4.74. The third-order valence-corrected chi connectivity index (χ3v) is 4.74. The SMILES string of the molecule is CCC(N)C(=O)N1CCCC(C(=O)NCc2ccc(C#N)cc2OC(F)(F)F)C1. The van der Waals surface area contributed by atoms with Crippen molar-refractivity contribution in [2.75, 3.05) is 13.1 Å². The number of carbonyl (C=O) groups is 2. The number of hydrogen-bond acceptors (Lipinski definition) is 5. The van der Waals surface area contributed by atoms with Gasteiger partial charge in [0, 0.05) is 25.2 Å². The van der Waals surface area contributed by atoms with Gasteiger partial charge >= 0.3 is 6.36 Å². The quantitative estimate of drug-likeness (QED) is 0.743. The van der Waals surface area contributed by atoms with Gasteiger partial charge in [0.15, 0.2) is 0 Å². The molecule has 0 aromatic heterocycles. The number of ether oxygens (including phenoxy) is 1. The van der Waals surface area contributed by atoms with E-state index >= 15 is 0 Å². The Labute approximate surface area is 166 Å². The van der Waals surface area contributed by atoms with Crippen LogP contribution in [0.3, 0.4) is 0 Å². The lowest BCUT2D eigenvalue weighted by atomic mass is 9.96.